The van der Waals surface area contributed by atoms with E-state index in [1.807, 2.05) is 0 Å². The molecule has 0 spiro atoms. The van der Waals surface area contributed by atoms with Gasteiger partial charge in [-0.05, 0) is 37.5 Å². The number of aliphatic hydroxyl groups excluding tert-OH is 1. The van der Waals surface area contributed by atoms with Crippen LogP contribution in [-0.4, -0.2) is 96.7 Å². The van der Waals surface area contributed by atoms with Gasteiger partial charge in [-0.25, -0.2) is 9.13 Å². The van der Waals surface area contributed by atoms with E-state index in [-0.39, 0.29) is 25.7 Å². The second kappa shape index (κ2) is 76.4. The Labute approximate surface area is 638 Å². The fraction of sp³-hybridized carbons (Fsp3) is 0.953. The maximum absolute atomic E-state index is 13.1. The molecule has 0 bridgehead atoms. The summed E-state index contributed by atoms with van der Waals surface area (Å²) < 4.78 is 68.8. The van der Waals surface area contributed by atoms with Crippen LogP contribution in [0.2, 0.25) is 0 Å². The highest BCUT2D eigenvalue weighted by atomic mass is 31.2. The smallest absolute Gasteiger partial charge is 0.462 e. The zero-order valence-electron chi connectivity index (χ0n) is 68.3. The lowest BCUT2D eigenvalue weighted by molar-refractivity contribution is -0.161. The van der Waals surface area contributed by atoms with Gasteiger partial charge in [0.25, 0.3) is 0 Å². The minimum absolute atomic E-state index is 0.108. The van der Waals surface area contributed by atoms with E-state index in [2.05, 4.69) is 41.5 Å². The Bertz CT molecular complexity index is 1990. The van der Waals surface area contributed by atoms with E-state index in [4.69, 9.17) is 37.0 Å². The molecule has 0 aliphatic heterocycles. The van der Waals surface area contributed by atoms with Crippen molar-refractivity contribution < 1.29 is 80.2 Å². The number of aliphatic hydroxyl groups is 1. The highest BCUT2D eigenvalue weighted by molar-refractivity contribution is 7.47. The Morgan fingerprint density at radius 2 is 0.442 bits per heavy atom. The first kappa shape index (κ1) is 102. The Balaban J connectivity index is 5.21. The van der Waals surface area contributed by atoms with E-state index in [9.17, 15) is 43.2 Å². The van der Waals surface area contributed by atoms with Crippen LogP contribution in [0.3, 0.4) is 0 Å². The van der Waals surface area contributed by atoms with E-state index in [0.29, 0.717) is 25.7 Å². The molecule has 19 heteroatoms. The molecule has 618 valence electrons. The predicted octanol–water partition coefficient (Wildman–Crippen LogP) is 25.8. The van der Waals surface area contributed by atoms with Gasteiger partial charge in [0.1, 0.15) is 19.3 Å². The zero-order valence-corrected chi connectivity index (χ0v) is 70.1. The summed E-state index contributed by atoms with van der Waals surface area (Å²) in [4.78, 5) is 73.1. The fourth-order valence-electron chi connectivity index (χ4n) is 13.2. The van der Waals surface area contributed by atoms with Crippen LogP contribution in [0.15, 0.2) is 0 Å². The highest BCUT2D eigenvalue weighted by Gasteiger charge is 2.30. The van der Waals surface area contributed by atoms with Crippen molar-refractivity contribution in [2.45, 2.75) is 471 Å². The van der Waals surface area contributed by atoms with Gasteiger partial charge in [0.15, 0.2) is 12.2 Å². The summed E-state index contributed by atoms with van der Waals surface area (Å²) in [6.07, 6.45) is 68.0. The molecule has 0 aromatic rings. The number of esters is 4. The summed E-state index contributed by atoms with van der Waals surface area (Å²) in [5.41, 5.74) is 0. The molecule has 0 aliphatic carbocycles. The van der Waals surface area contributed by atoms with E-state index < -0.39 is 97.5 Å². The van der Waals surface area contributed by atoms with Crippen molar-refractivity contribution in [2.24, 2.45) is 11.8 Å². The normalized spacial score (nSPS) is 13.8. The van der Waals surface area contributed by atoms with Crippen molar-refractivity contribution in [3.8, 4) is 0 Å². The minimum atomic E-state index is -4.96. The minimum Gasteiger partial charge on any atom is -0.462 e. The quantitative estimate of drug-likeness (QED) is 0.0222. The van der Waals surface area contributed by atoms with E-state index >= 15 is 0 Å². The summed E-state index contributed by atoms with van der Waals surface area (Å²) >= 11 is 0. The van der Waals surface area contributed by atoms with Crippen LogP contribution in [0.25, 0.3) is 0 Å². The maximum Gasteiger partial charge on any atom is 0.472 e. The summed E-state index contributed by atoms with van der Waals surface area (Å²) in [6, 6.07) is 0. The van der Waals surface area contributed by atoms with Gasteiger partial charge < -0.3 is 33.8 Å². The third-order valence-corrected chi connectivity index (χ3v) is 21.9. The zero-order chi connectivity index (χ0) is 76.4. The molecular weight excluding hydrogens is 1350 g/mol. The average molecular weight is 1520 g/mol. The largest absolute Gasteiger partial charge is 0.472 e. The lowest BCUT2D eigenvalue weighted by atomic mass is 10.0. The number of carbonyl (C=O) groups excluding carboxylic acids is 4. The molecule has 0 radical (unpaired) electrons. The Hall–Kier alpha value is -1.94. The molecule has 0 aliphatic rings. The van der Waals surface area contributed by atoms with Crippen molar-refractivity contribution in [1.29, 1.82) is 0 Å². The molecule has 2 unspecified atom stereocenters. The van der Waals surface area contributed by atoms with Gasteiger partial charge in [-0.3, -0.25) is 37.3 Å². The van der Waals surface area contributed by atoms with Crippen LogP contribution in [0.4, 0.5) is 0 Å². The van der Waals surface area contributed by atoms with E-state index in [1.165, 1.54) is 270 Å². The molecule has 0 aromatic carbocycles. The first-order chi connectivity index (χ1) is 50.4. The third kappa shape index (κ3) is 78.2. The molecule has 0 fully saturated rings. The number of carbonyl (C=O) groups is 4. The lowest BCUT2D eigenvalue weighted by Gasteiger charge is -2.21. The van der Waals surface area contributed by atoms with Gasteiger partial charge in [-0.15, -0.1) is 0 Å². The molecule has 0 saturated carbocycles. The van der Waals surface area contributed by atoms with Crippen molar-refractivity contribution in [2.75, 3.05) is 39.6 Å². The Morgan fingerprint density at radius 1 is 0.260 bits per heavy atom. The molecule has 0 rings (SSSR count). The predicted molar refractivity (Wildman–Crippen MR) is 428 cm³/mol. The van der Waals surface area contributed by atoms with Crippen LogP contribution < -0.4 is 0 Å². The number of hydrogen-bond acceptors (Lipinski definition) is 15. The van der Waals surface area contributed by atoms with Crippen LogP contribution in [0.5, 0.6) is 0 Å². The second-order valence-corrected chi connectivity index (χ2v) is 34.4. The van der Waals surface area contributed by atoms with Gasteiger partial charge in [0.05, 0.1) is 26.4 Å². The fourth-order valence-corrected chi connectivity index (χ4v) is 14.8. The molecular formula is C85H166O17P2. The standard InChI is InChI=1S/C85H166O17P2/c1-7-9-11-13-15-17-18-19-20-21-22-23-27-33-38-44-50-56-62-68-83(88)96-74-81(102-85(90)69-63-57-51-45-39-34-28-25-24-26-31-36-42-47-53-59-65-77(3)4)76-100-104(93,94)98-72-79(86)71-97-103(91,92)99-75-80(73-95-82(87)67-61-55-49-41-16-14-12-10-8-2)101-84(89)70-64-58-52-46-40-35-30-29-32-37-43-48-54-60-66-78(5)6/h77-81,86H,7-76H2,1-6H3,(H,91,92)(H,93,94)/t79-,80+,81+/m0/s1. The number of phosphoric ester groups is 2. The first-order valence-corrected chi connectivity index (χ1v) is 47.0. The molecule has 17 nitrogen and oxygen atoms in total. The molecule has 0 aromatic heterocycles. The van der Waals surface area contributed by atoms with Gasteiger partial charge in [0, 0.05) is 25.7 Å². The Morgan fingerprint density at radius 3 is 0.654 bits per heavy atom. The van der Waals surface area contributed by atoms with Crippen LogP contribution in [0.1, 0.15) is 452 Å². The van der Waals surface area contributed by atoms with Crippen LogP contribution >= 0.6 is 15.6 Å². The van der Waals surface area contributed by atoms with Gasteiger partial charge >= 0.3 is 39.5 Å². The number of ether oxygens (including phenoxy) is 4. The molecule has 5 atom stereocenters. The SMILES string of the molecule is CCCCCCCCCCCCCCCCCCCCCC(=O)OC[C@H](COP(=O)(O)OC[C@@H](O)COP(=O)(O)OC[C@@H](COC(=O)CCCCCCCCCCC)OC(=O)CCCCCCCCCCCCCCCCC(C)C)OC(=O)CCCCCCCCCCCCCCCCCCC(C)C. The molecule has 0 amide bonds. The van der Waals surface area contributed by atoms with E-state index in [0.717, 1.165) is 102 Å². The van der Waals surface area contributed by atoms with Crippen LogP contribution in [-0.2, 0) is 65.4 Å². The Kier molecular flexibility index (Phi) is 75.0. The van der Waals surface area contributed by atoms with Crippen molar-refractivity contribution in [1.82, 2.24) is 0 Å². The summed E-state index contributed by atoms with van der Waals surface area (Å²) in [5.74, 6) is -0.499. The molecule has 0 heterocycles. The summed E-state index contributed by atoms with van der Waals surface area (Å²) in [6.45, 7) is 9.70. The number of unbranched alkanes of at least 4 members (excludes halogenated alkanes) is 54. The number of hydrogen-bond donors (Lipinski definition) is 3. The van der Waals surface area contributed by atoms with Gasteiger partial charge in [-0.2, -0.15) is 0 Å². The third-order valence-electron chi connectivity index (χ3n) is 20.0. The average Bonchev–Trinajstić information content (AvgIpc) is 0.907. The second-order valence-electron chi connectivity index (χ2n) is 31.5. The van der Waals surface area contributed by atoms with Crippen molar-refractivity contribution in [3.05, 3.63) is 0 Å². The monoisotopic (exact) mass is 1520 g/mol. The summed E-state index contributed by atoms with van der Waals surface area (Å²) in [5, 5.41) is 10.7. The van der Waals surface area contributed by atoms with Crippen LogP contribution in [0, 0.1) is 11.8 Å². The molecule has 0 saturated heterocycles. The van der Waals surface area contributed by atoms with Gasteiger partial charge in [0.2, 0.25) is 0 Å². The van der Waals surface area contributed by atoms with Gasteiger partial charge in [-0.1, -0.05) is 401 Å². The van der Waals surface area contributed by atoms with Crippen molar-refractivity contribution in [3.63, 3.8) is 0 Å². The molecule has 3 N–H and O–H groups in total. The lowest BCUT2D eigenvalue weighted by Crippen LogP contribution is -2.30. The number of rotatable bonds is 84. The topological polar surface area (TPSA) is 237 Å². The first-order valence-electron chi connectivity index (χ1n) is 44.0. The summed E-state index contributed by atoms with van der Waals surface area (Å²) in [7, 11) is -9.92. The maximum atomic E-state index is 13.1. The number of phosphoric acid groups is 2. The van der Waals surface area contributed by atoms with Crippen molar-refractivity contribution >= 4 is 39.5 Å². The van der Waals surface area contributed by atoms with E-state index in [1.54, 1.807) is 0 Å². The highest BCUT2D eigenvalue weighted by Crippen LogP contribution is 2.45. The molecule has 104 heavy (non-hydrogen) atoms.